The smallest absolute Gasteiger partial charge is 0.372 e. The molecule has 2 N–H and O–H groups in total. The van der Waals surface area contributed by atoms with E-state index in [-0.39, 0.29) is 31.2 Å². The Morgan fingerprint density at radius 3 is 1.92 bits per heavy atom. The molecule has 0 aliphatic carbocycles. The van der Waals surface area contributed by atoms with Gasteiger partial charge in [-0.05, 0) is 0 Å². The van der Waals surface area contributed by atoms with E-state index in [4.69, 9.17) is 21.8 Å². The van der Waals surface area contributed by atoms with Gasteiger partial charge in [0.1, 0.15) is 4.77 Å². The van der Waals surface area contributed by atoms with E-state index in [1.165, 1.54) is 0 Å². The highest BCUT2D eigenvalue weighted by molar-refractivity contribution is 7.61. The Morgan fingerprint density at radius 2 is 1.69 bits per heavy atom. The fourth-order valence-electron chi connectivity index (χ4n) is 0.499. The fourth-order valence-corrected chi connectivity index (χ4v) is 1.79. The standard InChI is InChI=1S/C6H12ClO5P/c1-6(7)13(10,11-4-2-8)12-5-3-9/h8-9H,1-5H2. The van der Waals surface area contributed by atoms with Crippen LogP contribution in [0.5, 0.6) is 0 Å². The number of halogens is 1. The minimum Gasteiger partial charge on any atom is -0.394 e. The molecule has 0 saturated heterocycles. The number of hydrogen-bond acceptors (Lipinski definition) is 5. The molecule has 0 aliphatic heterocycles. The minimum atomic E-state index is -3.57. The van der Waals surface area contributed by atoms with Gasteiger partial charge in [-0.3, -0.25) is 4.57 Å². The predicted molar refractivity (Wildman–Crippen MR) is 48.7 cm³/mol. The highest BCUT2D eigenvalue weighted by Gasteiger charge is 2.27. The van der Waals surface area contributed by atoms with Crippen LogP contribution in [0.3, 0.4) is 0 Å². The highest BCUT2D eigenvalue weighted by Crippen LogP contribution is 2.56. The van der Waals surface area contributed by atoms with Gasteiger partial charge in [-0.25, -0.2) is 0 Å². The lowest BCUT2D eigenvalue weighted by Gasteiger charge is -2.15. The van der Waals surface area contributed by atoms with E-state index in [0.717, 1.165) is 0 Å². The Morgan fingerprint density at radius 1 is 1.31 bits per heavy atom. The molecule has 0 aromatic carbocycles. The average molecular weight is 231 g/mol. The van der Waals surface area contributed by atoms with E-state index in [9.17, 15) is 4.57 Å². The molecule has 78 valence electrons. The molecule has 0 aromatic heterocycles. The molecule has 0 fully saturated rings. The molecule has 7 heteroatoms. The van der Waals surface area contributed by atoms with Crippen molar-refractivity contribution in [2.45, 2.75) is 0 Å². The van der Waals surface area contributed by atoms with E-state index in [2.05, 4.69) is 15.6 Å². The van der Waals surface area contributed by atoms with Crippen molar-refractivity contribution in [3.8, 4) is 0 Å². The van der Waals surface area contributed by atoms with Gasteiger partial charge in [0, 0.05) is 0 Å². The van der Waals surface area contributed by atoms with Crippen molar-refractivity contribution in [1.82, 2.24) is 0 Å². The summed E-state index contributed by atoms with van der Waals surface area (Å²) in [6, 6.07) is 0. The SMILES string of the molecule is C=C(Cl)P(=O)(OCCO)OCCO. The van der Waals surface area contributed by atoms with E-state index in [1.54, 1.807) is 0 Å². The molecule has 0 saturated carbocycles. The zero-order valence-electron chi connectivity index (χ0n) is 6.98. The van der Waals surface area contributed by atoms with Crippen LogP contribution in [0.15, 0.2) is 11.4 Å². The molecule has 0 atom stereocenters. The lowest BCUT2D eigenvalue weighted by Crippen LogP contribution is -2.03. The molecule has 0 amide bonds. The summed E-state index contributed by atoms with van der Waals surface area (Å²) in [7, 11) is -3.57. The first kappa shape index (κ1) is 13.1. The first-order chi connectivity index (χ1) is 6.06. The Kier molecular flexibility index (Phi) is 6.59. The maximum absolute atomic E-state index is 11.5. The lowest BCUT2D eigenvalue weighted by molar-refractivity contribution is 0.145. The van der Waals surface area contributed by atoms with Crippen molar-refractivity contribution in [3.05, 3.63) is 11.4 Å². The largest absolute Gasteiger partial charge is 0.394 e. The van der Waals surface area contributed by atoms with Crippen LogP contribution in [0.25, 0.3) is 0 Å². The van der Waals surface area contributed by atoms with Crippen LogP contribution in [0.2, 0.25) is 0 Å². The van der Waals surface area contributed by atoms with Gasteiger partial charge >= 0.3 is 7.60 Å². The maximum Gasteiger partial charge on any atom is 0.372 e. The van der Waals surface area contributed by atoms with Crippen LogP contribution in [0.4, 0.5) is 0 Å². The molecule has 0 radical (unpaired) electrons. The summed E-state index contributed by atoms with van der Waals surface area (Å²) < 4.78 is 20.6. The van der Waals surface area contributed by atoms with Crippen LogP contribution in [0, 0.1) is 0 Å². The van der Waals surface area contributed by atoms with Gasteiger partial charge in [0.05, 0.1) is 26.4 Å². The van der Waals surface area contributed by atoms with Crippen LogP contribution in [0.1, 0.15) is 0 Å². The predicted octanol–water partition coefficient (Wildman–Crippen LogP) is 0.907. The third kappa shape index (κ3) is 4.76. The molecular weight excluding hydrogens is 218 g/mol. The van der Waals surface area contributed by atoms with Gasteiger partial charge in [0.15, 0.2) is 0 Å². The molecule has 13 heavy (non-hydrogen) atoms. The molecular formula is C6H12ClO5P. The molecule has 0 aliphatic rings. The minimum absolute atomic E-state index is 0.158. The van der Waals surface area contributed by atoms with E-state index < -0.39 is 7.60 Å². The second-order valence-electron chi connectivity index (χ2n) is 1.99. The Balaban J connectivity index is 4.18. The summed E-state index contributed by atoms with van der Waals surface area (Å²) in [6.07, 6.45) is 0. The quantitative estimate of drug-likeness (QED) is 0.636. The number of aliphatic hydroxyl groups excluding tert-OH is 2. The summed E-state index contributed by atoms with van der Waals surface area (Å²) in [5, 5.41) is 16.8. The van der Waals surface area contributed by atoms with Gasteiger partial charge in [-0.1, -0.05) is 18.2 Å². The number of rotatable bonds is 7. The summed E-state index contributed by atoms with van der Waals surface area (Å²) in [4.78, 5) is 0. The summed E-state index contributed by atoms with van der Waals surface area (Å²) in [5.74, 6) is 0. The number of hydrogen-bond donors (Lipinski definition) is 2. The first-order valence-electron chi connectivity index (χ1n) is 3.52. The van der Waals surface area contributed by atoms with Crippen molar-refractivity contribution >= 4 is 19.2 Å². The zero-order chi connectivity index (χ0) is 10.3. The Hall–Kier alpha value is 0.1000. The molecule has 0 aromatic rings. The zero-order valence-corrected chi connectivity index (χ0v) is 8.63. The van der Waals surface area contributed by atoms with Crippen molar-refractivity contribution in [3.63, 3.8) is 0 Å². The van der Waals surface area contributed by atoms with E-state index >= 15 is 0 Å². The molecule has 0 unspecified atom stereocenters. The van der Waals surface area contributed by atoms with Gasteiger partial charge < -0.3 is 19.3 Å². The fraction of sp³-hybridized carbons (Fsp3) is 0.667. The Bertz CT molecular complexity index is 195. The average Bonchev–Trinajstić information content (AvgIpc) is 2.11. The van der Waals surface area contributed by atoms with Crippen molar-refractivity contribution in [2.24, 2.45) is 0 Å². The van der Waals surface area contributed by atoms with Crippen molar-refractivity contribution < 1.29 is 23.8 Å². The summed E-state index contributed by atoms with van der Waals surface area (Å²) in [6.45, 7) is 2.32. The van der Waals surface area contributed by atoms with Gasteiger partial charge in [0.25, 0.3) is 0 Å². The normalized spacial score (nSPS) is 11.6. The van der Waals surface area contributed by atoms with E-state index in [0.29, 0.717) is 0 Å². The van der Waals surface area contributed by atoms with E-state index in [1.807, 2.05) is 0 Å². The Labute approximate surface area is 81.5 Å². The third-order valence-electron chi connectivity index (χ3n) is 1.00. The van der Waals surface area contributed by atoms with Crippen LogP contribution < -0.4 is 0 Å². The van der Waals surface area contributed by atoms with Gasteiger partial charge in [-0.2, -0.15) is 0 Å². The molecule has 0 heterocycles. The highest BCUT2D eigenvalue weighted by atomic mass is 35.5. The number of aliphatic hydroxyl groups is 2. The molecule has 0 rings (SSSR count). The molecule has 0 bridgehead atoms. The van der Waals surface area contributed by atoms with Gasteiger partial charge in [-0.15, -0.1) is 0 Å². The second kappa shape index (κ2) is 6.54. The lowest BCUT2D eigenvalue weighted by atomic mass is 10.8. The van der Waals surface area contributed by atoms with Crippen molar-refractivity contribution in [2.75, 3.05) is 26.4 Å². The van der Waals surface area contributed by atoms with Crippen LogP contribution in [-0.4, -0.2) is 36.6 Å². The second-order valence-corrected chi connectivity index (χ2v) is 4.76. The van der Waals surface area contributed by atoms with Gasteiger partial charge in [0.2, 0.25) is 0 Å². The molecule has 5 nitrogen and oxygen atoms in total. The molecule has 0 spiro atoms. The summed E-state index contributed by atoms with van der Waals surface area (Å²) in [5.41, 5.74) is 0. The van der Waals surface area contributed by atoms with Crippen LogP contribution >= 0.6 is 19.2 Å². The van der Waals surface area contributed by atoms with Crippen LogP contribution in [-0.2, 0) is 13.6 Å². The monoisotopic (exact) mass is 230 g/mol. The maximum atomic E-state index is 11.5. The summed E-state index contributed by atoms with van der Waals surface area (Å²) >= 11 is 5.39. The first-order valence-corrected chi connectivity index (χ1v) is 5.44. The third-order valence-corrected chi connectivity index (χ3v) is 3.26. The topological polar surface area (TPSA) is 76.0 Å². The van der Waals surface area contributed by atoms with Crippen molar-refractivity contribution in [1.29, 1.82) is 0 Å².